The first-order valence-electron chi connectivity index (χ1n) is 6.13. The lowest BCUT2D eigenvalue weighted by Crippen LogP contribution is -2.26. The number of rotatable bonds is 8. The lowest BCUT2D eigenvalue weighted by atomic mass is 10.3. The molecule has 4 nitrogen and oxygen atoms in total. The fourth-order valence-corrected chi connectivity index (χ4v) is 2.92. The Hall–Kier alpha value is -0.650. The van der Waals surface area contributed by atoms with E-state index in [9.17, 15) is 0 Å². The lowest BCUT2D eigenvalue weighted by Gasteiger charge is -2.18. The Kier molecular flexibility index (Phi) is 6.47. The molecule has 0 atom stereocenters. The summed E-state index contributed by atoms with van der Waals surface area (Å²) in [7, 11) is 3.71. The molecule has 1 aromatic heterocycles. The molecule has 17 heavy (non-hydrogen) atoms. The Morgan fingerprint density at radius 1 is 1.41 bits per heavy atom. The standard InChI is InChI=1S/C12H23N3OS/c1-5-10-11(9-13-3)17-12(14-10)15(6-2)7-8-16-4/h13H,5-9H2,1-4H3. The molecule has 0 aliphatic heterocycles. The van der Waals surface area contributed by atoms with Crippen LogP contribution in [0.15, 0.2) is 0 Å². The number of ether oxygens (including phenoxy) is 1. The van der Waals surface area contributed by atoms with E-state index >= 15 is 0 Å². The summed E-state index contributed by atoms with van der Waals surface area (Å²) in [6.45, 7) is 7.84. The van der Waals surface area contributed by atoms with Crippen molar-refractivity contribution in [3.63, 3.8) is 0 Å². The number of thiazole rings is 1. The van der Waals surface area contributed by atoms with Gasteiger partial charge in [0.2, 0.25) is 0 Å². The summed E-state index contributed by atoms with van der Waals surface area (Å²) in [4.78, 5) is 8.34. The van der Waals surface area contributed by atoms with Gasteiger partial charge < -0.3 is 15.0 Å². The highest BCUT2D eigenvalue weighted by molar-refractivity contribution is 7.15. The topological polar surface area (TPSA) is 37.4 Å². The van der Waals surface area contributed by atoms with E-state index in [2.05, 4.69) is 24.1 Å². The molecule has 0 aliphatic carbocycles. The van der Waals surface area contributed by atoms with Crippen molar-refractivity contribution in [2.75, 3.05) is 38.8 Å². The smallest absolute Gasteiger partial charge is 0.185 e. The normalized spacial score (nSPS) is 10.8. The lowest BCUT2D eigenvalue weighted by molar-refractivity contribution is 0.205. The van der Waals surface area contributed by atoms with E-state index in [1.165, 1.54) is 10.6 Å². The van der Waals surface area contributed by atoms with E-state index in [0.29, 0.717) is 0 Å². The van der Waals surface area contributed by atoms with Gasteiger partial charge in [-0.25, -0.2) is 4.98 Å². The molecule has 1 N–H and O–H groups in total. The van der Waals surface area contributed by atoms with Crippen molar-refractivity contribution in [3.05, 3.63) is 10.6 Å². The molecule has 1 rings (SSSR count). The molecule has 0 spiro atoms. The maximum Gasteiger partial charge on any atom is 0.185 e. The van der Waals surface area contributed by atoms with Crippen molar-refractivity contribution in [1.29, 1.82) is 0 Å². The van der Waals surface area contributed by atoms with Crippen LogP contribution in [0.3, 0.4) is 0 Å². The van der Waals surface area contributed by atoms with Crippen LogP contribution in [-0.4, -0.2) is 38.8 Å². The molecular weight excluding hydrogens is 234 g/mol. The molecule has 98 valence electrons. The second-order valence-electron chi connectivity index (χ2n) is 3.82. The van der Waals surface area contributed by atoms with Crippen molar-refractivity contribution < 1.29 is 4.74 Å². The highest BCUT2D eigenvalue weighted by Crippen LogP contribution is 2.26. The number of nitrogens with zero attached hydrogens (tertiary/aromatic N) is 2. The molecule has 0 amide bonds. The third kappa shape index (κ3) is 3.94. The van der Waals surface area contributed by atoms with Gasteiger partial charge in [-0.15, -0.1) is 11.3 Å². The zero-order valence-corrected chi connectivity index (χ0v) is 12.1. The summed E-state index contributed by atoms with van der Waals surface area (Å²) >= 11 is 1.79. The van der Waals surface area contributed by atoms with E-state index in [4.69, 9.17) is 9.72 Å². The summed E-state index contributed by atoms with van der Waals surface area (Å²) < 4.78 is 5.13. The maximum atomic E-state index is 5.13. The number of likely N-dealkylation sites (N-methyl/N-ethyl adjacent to an activating group) is 1. The van der Waals surface area contributed by atoms with Gasteiger partial charge in [0.1, 0.15) is 0 Å². The van der Waals surface area contributed by atoms with Crippen molar-refractivity contribution in [2.45, 2.75) is 26.8 Å². The number of hydrogen-bond donors (Lipinski definition) is 1. The van der Waals surface area contributed by atoms with Crippen molar-refractivity contribution in [1.82, 2.24) is 10.3 Å². The van der Waals surface area contributed by atoms with Gasteiger partial charge in [-0.3, -0.25) is 0 Å². The number of aryl methyl sites for hydroxylation is 1. The summed E-state index contributed by atoms with van der Waals surface area (Å²) in [5.41, 5.74) is 1.22. The van der Waals surface area contributed by atoms with Crippen LogP contribution in [0.2, 0.25) is 0 Å². The average Bonchev–Trinajstić information content (AvgIpc) is 2.74. The summed E-state index contributed by atoms with van der Waals surface area (Å²) in [5.74, 6) is 0. The Morgan fingerprint density at radius 2 is 2.18 bits per heavy atom. The van der Waals surface area contributed by atoms with Crippen LogP contribution in [0.4, 0.5) is 5.13 Å². The SMILES string of the molecule is CCc1nc(N(CC)CCOC)sc1CNC. The number of anilines is 1. The highest BCUT2D eigenvalue weighted by Gasteiger charge is 2.13. The molecule has 1 heterocycles. The van der Waals surface area contributed by atoms with Crippen LogP contribution in [0, 0.1) is 0 Å². The van der Waals surface area contributed by atoms with Crippen LogP contribution in [0.5, 0.6) is 0 Å². The molecule has 0 saturated heterocycles. The van der Waals surface area contributed by atoms with Crippen molar-refractivity contribution in [2.24, 2.45) is 0 Å². The fraction of sp³-hybridized carbons (Fsp3) is 0.750. The van der Waals surface area contributed by atoms with Crippen LogP contribution < -0.4 is 10.2 Å². The Morgan fingerprint density at radius 3 is 2.71 bits per heavy atom. The van der Waals surface area contributed by atoms with Gasteiger partial charge in [0.25, 0.3) is 0 Å². The van der Waals surface area contributed by atoms with Gasteiger partial charge in [-0.2, -0.15) is 0 Å². The van der Waals surface area contributed by atoms with Crippen LogP contribution in [0.25, 0.3) is 0 Å². The van der Waals surface area contributed by atoms with Gasteiger partial charge in [-0.1, -0.05) is 6.92 Å². The molecule has 0 fully saturated rings. The second-order valence-corrected chi connectivity index (χ2v) is 4.88. The predicted octanol–water partition coefficient (Wildman–Crippen LogP) is 1.90. The first-order chi connectivity index (χ1) is 8.26. The van der Waals surface area contributed by atoms with Gasteiger partial charge >= 0.3 is 0 Å². The number of hydrogen-bond acceptors (Lipinski definition) is 5. The van der Waals surface area contributed by atoms with E-state index < -0.39 is 0 Å². The highest BCUT2D eigenvalue weighted by atomic mass is 32.1. The predicted molar refractivity (Wildman–Crippen MR) is 74.0 cm³/mol. The van der Waals surface area contributed by atoms with E-state index in [-0.39, 0.29) is 0 Å². The molecule has 5 heteroatoms. The second kappa shape index (κ2) is 7.63. The van der Waals surface area contributed by atoms with Gasteiger partial charge in [-0.05, 0) is 20.4 Å². The fourth-order valence-electron chi connectivity index (χ4n) is 1.67. The molecular formula is C12H23N3OS. The van der Waals surface area contributed by atoms with Crippen LogP contribution >= 0.6 is 11.3 Å². The zero-order valence-electron chi connectivity index (χ0n) is 11.2. The van der Waals surface area contributed by atoms with Crippen molar-refractivity contribution in [3.8, 4) is 0 Å². The van der Waals surface area contributed by atoms with Gasteiger partial charge in [0.15, 0.2) is 5.13 Å². The maximum absolute atomic E-state index is 5.13. The van der Waals surface area contributed by atoms with E-state index in [0.717, 1.165) is 37.8 Å². The molecule has 0 bridgehead atoms. The Bertz CT molecular complexity index is 328. The summed E-state index contributed by atoms with van der Waals surface area (Å²) in [6.07, 6.45) is 0.995. The average molecular weight is 257 g/mol. The molecule has 0 unspecified atom stereocenters. The Labute approximate surface area is 108 Å². The number of nitrogens with one attached hydrogen (secondary N) is 1. The minimum atomic E-state index is 0.746. The number of methoxy groups -OCH3 is 1. The Balaban J connectivity index is 2.80. The van der Waals surface area contributed by atoms with E-state index in [1.807, 2.05) is 7.05 Å². The third-order valence-electron chi connectivity index (χ3n) is 2.66. The summed E-state index contributed by atoms with van der Waals surface area (Å²) in [5, 5.41) is 4.32. The minimum Gasteiger partial charge on any atom is -0.383 e. The van der Waals surface area contributed by atoms with Crippen LogP contribution in [-0.2, 0) is 17.7 Å². The quantitative estimate of drug-likeness (QED) is 0.772. The monoisotopic (exact) mass is 257 g/mol. The molecule has 0 radical (unpaired) electrons. The summed E-state index contributed by atoms with van der Waals surface area (Å²) in [6, 6.07) is 0. The zero-order chi connectivity index (χ0) is 12.7. The van der Waals surface area contributed by atoms with Gasteiger partial charge in [0, 0.05) is 31.6 Å². The third-order valence-corrected chi connectivity index (χ3v) is 3.82. The number of aromatic nitrogens is 1. The van der Waals surface area contributed by atoms with E-state index in [1.54, 1.807) is 18.4 Å². The van der Waals surface area contributed by atoms with Crippen molar-refractivity contribution >= 4 is 16.5 Å². The first-order valence-corrected chi connectivity index (χ1v) is 6.95. The minimum absolute atomic E-state index is 0.746. The largest absolute Gasteiger partial charge is 0.383 e. The molecule has 0 saturated carbocycles. The molecule has 1 aromatic rings. The molecule has 0 aromatic carbocycles. The van der Waals surface area contributed by atoms with Gasteiger partial charge in [0.05, 0.1) is 12.3 Å². The first kappa shape index (κ1) is 14.4. The molecule has 0 aliphatic rings. The van der Waals surface area contributed by atoms with Crippen LogP contribution in [0.1, 0.15) is 24.4 Å².